The summed E-state index contributed by atoms with van der Waals surface area (Å²) >= 11 is 6.23. The topological polar surface area (TPSA) is 42.7 Å². The van der Waals surface area contributed by atoms with Crippen LogP contribution in [0, 0.1) is 13.8 Å². The molecule has 1 atom stereocenters. The first-order valence-electron chi connectivity index (χ1n) is 8.22. The number of fused-ring (bicyclic) bond motifs is 2. The third kappa shape index (κ3) is 2.57. The van der Waals surface area contributed by atoms with Crippen molar-refractivity contribution >= 4 is 34.2 Å². The lowest BCUT2D eigenvalue weighted by Gasteiger charge is -2.33. The van der Waals surface area contributed by atoms with Gasteiger partial charge in [0.25, 0.3) is 5.91 Å². The molecule has 4 rings (SSSR count). The fourth-order valence-electron chi connectivity index (χ4n) is 3.25. The van der Waals surface area contributed by atoms with Crippen LogP contribution in [0.1, 0.15) is 28.6 Å². The summed E-state index contributed by atoms with van der Waals surface area (Å²) in [5, 5.41) is 1.54. The van der Waals surface area contributed by atoms with Crippen molar-refractivity contribution in [1.82, 2.24) is 0 Å². The Bertz CT molecular complexity index is 992. The molecule has 0 aliphatic carbocycles. The zero-order valence-electron chi connectivity index (χ0n) is 14.3. The van der Waals surface area contributed by atoms with Crippen LogP contribution in [0.15, 0.2) is 40.8 Å². The molecule has 0 bridgehead atoms. The molecular formula is C20H18ClNO3. The first kappa shape index (κ1) is 16.0. The number of rotatable bonds is 1. The number of carbonyl (C=O) groups is 1. The van der Waals surface area contributed by atoms with Crippen molar-refractivity contribution in [3.05, 3.63) is 58.3 Å². The van der Waals surface area contributed by atoms with Crippen LogP contribution in [0.4, 0.5) is 5.69 Å². The normalized spacial score (nSPS) is 16.6. The SMILES string of the molecule is Cc1cc2oc(C(=O)N3C[C@H](C)Oc4ccccc43)c(C)c2cc1Cl. The first-order chi connectivity index (χ1) is 12.0. The summed E-state index contributed by atoms with van der Waals surface area (Å²) < 4.78 is 11.7. The van der Waals surface area contributed by atoms with Gasteiger partial charge in [0.1, 0.15) is 17.4 Å². The van der Waals surface area contributed by atoms with Crippen molar-refractivity contribution in [1.29, 1.82) is 0 Å². The Morgan fingerprint density at radius 3 is 2.80 bits per heavy atom. The molecular weight excluding hydrogens is 338 g/mol. The summed E-state index contributed by atoms with van der Waals surface area (Å²) in [6.07, 6.45) is -0.0831. The molecule has 0 spiro atoms. The van der Waals surface area contributed by atoms with E-state index >= 15 is 0 Å². The molecule has 5 heteroatoms. The van der Waals surface area contributed by atoms with Crippen LogP contribution in [0.5, 0.6) is 5.75 Å². The fourth-order valence-corrected chi connectivity index (χ4v) is 3.41. The van der Waals surface area contributed by atoms with Crippen LogP contribution >= 0.6 is 11.6 Å². The predicted octanol–water partition coefficient (Wildman–Crippen LogP) is 5.13. The maximum Gasteiger partial charge on any atom is 0.294 e. The second-order valence-corrected chi connectivity index (χ2v) is 6.87. The predicted molar refractivity (Wildman–Crippen MR) is 98.9 cm³/mol. The standard InChI is InChI=1S/C20H18ClNO3/c1-11-8-18-14(9-15(11)21)13(3)19(25-18)20(23)22-10-12(2)24-17-7-5-4-6-16(17)22/h4-9,12H,10H2,1-3H3/t12-/m0/s1. The molecule has 2 aromatic carbocycles. The van der Waals surface area contributed by atoms with Gasteiger partial charge < -0.3 is 9.15 Å². The highest BCUT2D eigenvalue weighted by atomic mass is 35.5. The molecule has 1 aromatic heterocycles. The lowest BCUT2D eigenvalue weighted by Crippen LogP contribution is -2.42. The average molecular weight is 356 g/mol. The zero-order valence-corrected chi connectivity index (χ0v) is 15.1. The Balaban J connectivity index is 1.82. The number of benzene rings is 2. The summed E-state index contributed by atoms with van der Waals surface area (Å²) in [4.78, 5) is 14.9. The molecule has 0 radical (unpaired) electrons. The van der Waals surface area contributed by atoms with Crippen LogP contribution in [0.25, 0.3) is 11.0 Å². The summed E-state index contributed by atoms with van der Waals surface area (Å²) in [6, 6.07) is 11.3. The van der Waals surface area contributed by atoms with Gasteiger partial charge >= 0.3 is 0 Å². The third-order valence-electron chi connectivity index (χ3n) is 4.58. The van der Waals surface area contributed by atoms with Crippen molar-refractivity contribution in [2.45, 2.75) is 26.9 Å². The molecule has 0 saturated heterocycles. The fraction of sp³-hybridized carbons (Fsp3) is 0.250. The smallest absolute Gasteiger partial charge is 0.294 e. The highest BCUT2D eigenvalue weighted by Gasteiger charge is 2.31. The molecule has 128 valence electrons. The van der Waals surface area contributed by atoms with E-state index in [1.165, 1.54) is 0 Å². The number of halogens is 1. The highest BCUT2D eigenvalue weighted by molar-refractivity contribution is 6.32. The maximum atomic E-state index is 13.2. The number of anilines is 1. The van der Waals surface area contributed by atoms with Gasteiger partial charge in [0.05, 0.1) is 12.2 Å². The van der Waals surface area contributed by atoms with Gasteiger partial charge in [0.15, 0.2) is 5.76 Å². The van der Waals surface area contributed by atoms with Crippen molar-refractivity contribution in [3.63, 3.8) is 0 Å². The van der Waals surface area contributed by atoms with Crippen molar-refractivity contribution in [2.75, 3.05) is 11.4 Å². The van der Waals surface area contributed by atoms with Crippen molar-refractivity contribution < 1.29 is 13.9 Å². The molecule has 3 aromatic rings. The average Bonchev–Trinajstić information content (AvgIpc) is 2.90. The largest absolute Gasteiger partial charge is 0.487 e. The summed E-state index contributed by atoms with van der Waals surface area (Å²) in [7, 11) is 0. The van der Waals surface area contributed by atoms with Gasteiger partial charge in [0, 0.05) is 16.0 Å². The summed E-state index contributed by atoms with van der Waals surface area (Å²) in [5.74, 6) is 0.896. The number of para-hydroxylation sites is 2. The maximum absolute atomic E-state index is 13.2. The minimum atomic E-state index is -0.162. The van der Waals surface area contributed by atoms with Crippen LogP contribution < -0.4 is 9.64 Å². The third-order valence-corrected chi connectivity index (χ3v) is 4.99. The van der Waals surface area contributed by atoms with E-state index in [0.29, 0.717) is 28.7 Å². The van der Waals surface area contributed by atoms with Crippen molar-refractivity contribution in [3.8, 4) is 5.75 Å². The number of hydrogen-bond acceptors (Lipinski definition) is 3. The number of carbonyl (C=O) groups excluding carboxylic acids is 1. The Kier molecular flexibility index (Phi) is 3.73. The van der Waals surface area contributed by atoms with Crippen LogP contribution in [-0.4, -0.2) is 18.6 Å². The van der Waals surface area contributed by atoms with Crippen LogP contribution in [-0.2, 0) is 0 Å². The van der Waals surface area contributed by atoms with Gasteiger partial charge in [-0.25, -0.2) is 0 Å². The number of furan rings is 1. The molecule has 2 heterocycles. The van der Waals surface area contributed by atoms with Gasteiger partial charge in [-0.2, -0.15) is 0 Å². The zero-order chi connectivity index (χ0) is 17.7. The van der Waals surface area contributed by atoms with Crippen LogP contribution in [0.2, 0.25) is 5.02 Å². The molecule has 1 aliphatic heterocycles. The minimum absolute atomic E-state index is 0.0831. The van der Waals surface area contributed by atoms with E-state index in [0.717, 1.165) is 22.2 Å². The molecule has 1 aliphatic rings. The van der Waals surface area contributed by atoms with Gasteiger partial charge in [-0.1, -0.05) is 23.7 Å². The lowest BCUT2D eigenvalue weighted by atomic mass is 10.1. The first-order valence-corrected chi connectivity index (χ1v) is 8.60. The Morgan fingerprint density at radius 1 is 1.24 bits per heavy atom. The quantitative estimate of drug-likeness (QED) is 0.607. The Labute approximate surface area is 150 Å². The molecule has 4 nitrogen and oxygen atoms in total. The number of hydrogen-bond donors (Lipinski definition) is 0. The molecule has 0 saturated carbocycles. The number of ether oxygens (including phenoxy) is 1. The van der Waals surface area contributed by atoms with Crippen molar-refractivity contribution in [2.24, 2.45) is 0 Å². The van der Waals surface area contributed by atoms with E-state index < -0.39 is 0 Å². The van der Waals surface area contributed by atoms with Gasteiger partial charge in [-0.15, -0.1) is 0 Å². The second kappa shape index (κ2) is 5.81. The Morgan fingerprint density at radius 2 is 2.00 bits per heavy atom. The van der Waals surface area contributed by atoms with E-state index in [-0.39, 0.29) is 12.0 Å². The number of nitrogens with zero attached hydrogens (tertiary/aromatic N) is 1. The number of aryl methyl sites for hydroxylation is 2. The van der Waals surface area contributed by atoms with E-state index in [1.54, 1.807) is 4.90 Å². The van der Waals surface area contributed by atoms with Gasteiger partial charge in [-0.3, -0.25) is 9.69 Å². The van der Waals surface area contributed by atoms with E-state index in [9.17, 15) is 4.79 Å². The Hall–Kier alpha value is -2.46. The van der Waals surface area contributed by atoms with E-state index in [4.69, 9.17) is 20.8 Å². The molecule has 25 heavy (non-hydrogen) atoms. The van der Waals surface area contributed by atoms with Gasteiger partial charge in [-0.05, 0) is 50.6 Å². The van der Waals surface area contributed by atoms with Crippen LogP contribution in [0.3, 0.4) is 0 Å². The molecule has 0 N–H and O–H groups in total. The molecule has 0 fully saturated rings. The second-order valence-electron chi connectivity index (χ2n) is 6.47. The lowest BCUT2D eigenvalue weighted by molar-refractivity contribution is 0.0935. The highest BCUT2D eigenvalue weighted by Crippen LogP contribution is 2.36. The summed E-state index contributed by atoms with van der Waals surface area (Å²) in [5.41, 5.74) is 3.17. The monoisotopic (exact) mass is 355 g/mol. The number of amides is 1. The molecule has 0 unspecified atom stereocenters. The van der Waals surface area contributed by atoms with Gasteiger partial charge in [0.2, 0.25) is 0 Å². The molecule has 1 amide bonds. The summed E-state index contributed by atoms with van der Waals surface area (Å²) in [6.45, 7) is 6.23. The minimum Gasteiger partial charge on any atom is -0.487 e. The van der Waals surface area contributed by atoms with E-state index in [2.05, 4.69) is 0 Å². The van der Waals surface area contributed by atoms with E-state index in [1.807, 2.05) is 57.2 Å².